The molecule has 1 aliphatic heterocycles. The number of aliphatic hydroxyl groups excluding tert-OH is 1. The minimum Gasteiger partial charge on any atom is -0.389 e. The first kappa shape index (κ1) is 14.3. The summed E-state index contributed by atoms with van der Waals surface area (Å²) >= 11 is 0. The van der Waals surface area contributed by atoms with E-state index in [9.17, 15) is 5.11 Å². The molecule has 2 aromatic rings. The van der Waals surface area contributed by atoms with E-state index >= 15 is 0 Å². The highest BCUT2D eigenvalue weighted by atomic mass is 16.5. The minimum atomic E-state index is -0.501. The average molecular weight is 283 g/mol. The van der Waals surface area contributed by atoms with Gasteiger partial charge in [-0.15, -0.1) is 0 Å². The maximum Gasteiger partial charge on any atom is 0.110 e. The van der Waals surface area contributed by atoms with Gasteiger partial charge in [0.1, 0.15) is 6.10 Å². The third-order valence-corrected chi connectivity index (χ3v) is 3.88. The van der Waals surface area contributed by atoms with Crippen molar-refractivity contribution in [3.63, 3.8) is 0 Å². The lowest BCUT2D eigenvalue weighted by Crippen LogP contribution is -2.33. The van der Waals surface area contributed by atoms with Gasteiger partial charge in [0.05, 0.1) is 12.7 Å². The molecule has 2 aromatic carbocycles. The smallest absolute Gasteiger partial charge is 0.110 e. The highest BCUT2D eigenvalue weighted by Crippen LogP contribution is 2.24. The van der Waals surface area contributed by atoms with Crippen LogP contribution in [0.4, 0.5) is 0 Å². The summed E-state index contributed by atoms with van der Waals surface area (Å²) in [4.78, 5) is 2.25. The van der Waals surface area contributed by atoms with Crippen LogP contribution in [-0.2, 0) is 11.3 Å². The summed E-state index contributed by atoms with van der Waals surface area (Å²) in [5, 5.41) is 10.5. The van der Waals surface area contributed by atoms with E-state index in [2.05, 4.69) is 17.0 Å². The molecule has 1 saturated heterocycles. The van der Waals surface area contributed by atoms with Crippen molar-refractivity contribution in [3.05, 3.63) is 71.8 Å². The fourth-order valence-corrected chi connectivity index (χ4v) is 2.82. The molecule has 0 saturated carbocycles. The van der Waals surface area contributed by atoms with E-state index in [4.69, 9.17) is 4.74 Å². The molecule has 0 aliphatic carbocycles. The van der Waals surface area contributed by atoms with Gasteiger partial charge in [-0.2, -0.15) is 0 Å². The van der Waals surface area contributed by atoms with Gasteiger partial charge in [-0.1, -0.05) is 60.7 Å². The van der Waals surface area contributed by atoms with Crippen LogP contribution < -0.4 is 0 Å². The van der Waals surface area contributed by atoms with E-state index in [0.717, 1.165) is 18.7 Å². The van der Waals surface area contributed by atoms with E-state index in [1.165, 1.54) is 5.56 Å². The highest BCUT2D eigenvalue weighted by Gasteiger charge is 2.27. The third-order valence-electron chi connectivity index (χ3n) is 3.88. The number of hydrogen-bond acceptors (Lipinski definition) is 3. The third kappa shape index (κ3) is 3.70. The highest BCUT2D eigenvalue weighted by molar-refractivity contribution is 5.19. The molecular formula is C18H21NO2. The Morgan fingerprint density at radius 1 is 1.00 bits per heavy atom. The van der Waals surface area contributed by atoms with Crippen molar-refractivity contribution in [1.29, 1.82) is 0 Å². The van der Waals surface area contributed by atoms with Crippen LogP contribution in [0.25, 0.3) is 0 Å². The maximum atomic E-state index is 10.5. The molecule has 3 heteroatoms. The predicted molar refractivity (Wildman–Crippen MR) is 82.9 cm³/mol. The monoisotopic (exact) mass is 283 g/mol. The molecule has 0 aromatic heterocycles. The van der Waals surface area contributed by atoms with Crippen LogP contribution >= 0.6 is 0 Å². The lowest BCUT2D eigenvalue weighted by Gasteiger charge is -2.24. The zero-order valence-corrected chi connectivity index (χ0v) is 12.1. The van der Waals surface area contributed by atoms with Gasteiger partial charge in [0, 0.05) is 19.6 Å². The van der Waals surface area contributed by atoms with Gasteiger partial charge in [-0.3, -0.25) is 4.90 Å². The van der Waals surface area contributed by atoms with E-state index < -0.39 is 6.10 Å². The SMILES string of the molecule is O[C@H]1CN(Cc2ccccc2)CCO[C@@H]1c1ccccc1. The molecule has 1 heterocycles. The zero-order chi connectivity index (χ0) is 14.5. The first-order valence-corrected chi connectivity index (χ1v) is 7.44. The quantitative estimate of drug-likeness (QED) is 0.940. The summed E-state index contributed by atoms with van der Waals surface area (Å²) in [7, 11) is 0. The summed E-state index contributed by atoms with van der Waals surface area (Å²) in [5.41, 5.74) is 2.31. The van der Waals surface area contributed by atoms with Crippen molar-refractivity contribution in [1.82, 2.24) is 4.90 Å². The molecule has 0 spiro atoms. The van der Waals surface area contributed by atoms with Gasteiger partial charge in [-0.25, -0.2) is 0 Å². The molecule has 2 atom stereocenters. The molecule has 3 nitrogen and oxygen atoms in total. The Labute approximate surface area is 125 Å². The van der Waals surface area contributed by atoms with Gasteiger partial charge < -0.3 is 9.84 Å². The first-order chi connectivity index (χ1) is 10.3. The van der Waals surface area contributed by atoms with Gasteiger partial charge in [0.25, 0.3) is 0 Å². The van der Waals surface area contributed by atoms with Gasteiger partial charge in [-0.05, 0) is 11.1 Å². The second-order valence-electron chi connectivity index (χ2n) is 5.49. The Balaban J connectivity index is 1.67. The largest absolute Gasteiger partial charge is 0.389 e. The fraction of sp³-hybridized carbons (Fsp3) is 0.333. The normalized spacial score (nSPS) is 23.7. The van der Waals surface area contributed by atoms with Crippen molar-refractivity contribution in [2.45, 2.75) is 18.8 Å². The number of aliphatic hydroxyl groups is 1. The first-order valence-electron chi connectivity index (χ1n) is 7.44. The van der Waals surface area contributed by atoms with Gasteiger partial charge in [0.2, 0.25) is 0 Å². The number of β-amino-alcohol motifs (C(OH)–C–C–N with tert-alkyl or cyclic N) is 1. The summed E-state index contributed by atoms with van der Waals surface area (Å²) in [6.07, 6.45) is -0.731. The summed E-state index contributed by atoms with van der Waals surface area (Å²) in [5.74, 6) is 0. The standard InChI is InChI=1S/C18H21NO2/c20-17-14-19(13-15-7-3-1-4-8-15)11-12-21-18(17)16-9-5-2-6-10-16/h1-10,17-18,20H,11-14H2/t17-,18+/m0/s1. The molecule has 0 bridgehead atoms. The number of hydrogen-bond donors (Lipinski definition) is 1. The number of rotatable bonds is 3. The Kier molecular flexibility index (Phi) is 4.65. The van der Waals surface area contributed by atoms with Crippen LogP contribution in [0.1, 0.15) is 17.2 Å². The zero-order valence-electron chi connectivity index (χ0n) is 12.1. The van der Waals surface area contributed by atoms with E-state index in [-0.39, 0.29) is 6.10 Å². The van der Waals surface area contributed by atoms with E-state index in [1.54, 1.807) is 0 Å². The molecule has 1 aliphatic rings. The molecular weight excluding hydrogens is 262 g/mol. The van der Waals surface area contributed by atoms with Crippen molar-refractivity contribution in [3.8, 4) is 0 Å². The second kappa shape index (κ2) is 6.85. The van der Waals surface area contributed by atoms with E-state index in [0.29, 0.717) is 13.2 Å². The molecule has 1 N–H and O–H groups in total. The predicted octanol–water partition coefficient (Wildman–Crippen LogP) is 2.62. The molecule has 0 unspecified atom stereocenters. The van der Waals surface area contributed by atoms with Crippen molar-refractivity contribution >= 4 is 0 Å². The van der Waals surface area contributed by atoms with Crippen molar-refractivity contribution < 1.29 is 9.84 Å². The Morgan fingerprint density at radius 2 is 1.67 bits per heavy atom. The van der Waals surface area contributed by atoms with Gasteiger partial charge in [0.15, 0.2) is 0 Å². The fourth-order valence-electron chi connectivity index (χ4n) is 2.82. The summed E-state index contributed by atoms with van der Waals surface area (Å²) in [6, 6.07) is 20.3. The summed E-state index contributed by atoms with van der Waals surface area (Å²) in [6.45, 7) is 2.97. The number of benzene rings is 2. The molecule has 0 radical (unpaired) electrons. The van der Waals surface area contributed by atoms with Crippen LogP contribution in [0.5, 0.6) is 0 Å². The average Bonchev–Trinajstić information content (AvgIpc) is 2.70. The second-order valence-corrected chi connectivity index (χ2v) is 5.49. The molecule has 3 rings (SSSR count). The molecule has 21 heavy (non-hydrogen) atoms. The topological polar surface area (TPSA) is 32.7 Å². The minimum absolute atomic E-state index is 0.230. The van der Waals surface area contributed by atoms with E-state index in [1.807, 2.05) is 48.5 Å². The van der Waals surface area contributed by atoms with Crippen LogP contribution in [0.2, 0.25) is 0 Å². The summed E-state index contributed by atoms with van der Waals surface area (Å²) < 4.78 is 5.88. The molecule has 1 fully saturated rings. The number of ether oxygens (including phenoxy) is 1. The Morgan fingerprint density at radius 3 is 2.38 bits per heavy atom. The number of nitrogens with zero attached hydrogens (tertiary/aromatic N) is 1. The maximum absolute atomic E-state index is 10.5. The lowest BCUT2D eigenvalue weighted by atomic mass is 10.0. The Hall–Kier alpha value is -1.68. The van der Waals surface area contributed by atoms with Crippen LogP contribution in [0.3, 0.4) is 0 Å². The lowest BCUT2D eigenvalue weighted by molar-refractivity contribution is -0.0214. The van der Waals surface area contributed by atoms with Crippen molar-refractivity contribution in [2.75, 3.05) is 19.7 Å². The van der Waals surface area contributed by atoms with Gasteiger partial charge >= 0.3 is 0 Å². The van der Waals surface area contributed by atoms with Crippen LogP contribution in [0, 0.1) is 0 Å². The molecule has 110 valence electrons. The van der Waals surface area contributed by atoms with Crippen LogP contribution in [0.15, 0.2) is 60.7 Å². The van der Waals surface area contributed by atoms with Crippen LogP contribution in [-0.4, -0.2) is 35.8 Å². The Bertz CT molecular complexity index is 544. The van der Waals surface area contributed by atoms with Crippen molar-refractivity contribution in [2.24, 2.45) is 0 Å². The molecule has 0 amide bonds.